The van der Waals surface area contributed by atoms with Crippen LogP contribution in [0.15, 0.2) is 48.5 Å². The molecular weight excluding hydrogens is 248 g/mol. The zero-order valence-corrected chi connectivity index (χ0v) is 11.5. The number of phenols is 2. The quantitative estimate of drug-likeness (QED) is 0.783. The normalized spacial score (nSPS) is 16.5. The van der Waals surface area contributed by atoms with Crippen molar-refractivity contribution in [2.24, 2.45) is 0 Å². The van der Waals surface area contributed by atoms with E-state index in [9.17, 15) is 10.2 Å². The largest absolute Gasteiger partial charge is 0.508 e. The van der Waals surface area contributed by atoms with E-state index in [1.807, 2.05) is 0 Å². The van der Waals surface area contributed by atoms with Gasteiger partial charge in [-0.1, -0.05) is 38.1 Å². The van der Waals surface area contributed by atoms with Crippen LogP contribution in [0.4, 0.5) is 0 Å². The van der Waals surface area contributed by atoms with Crippen LogP contribution in [0.5, 0.6) is 11.5 Å². The van der Waals surface area contributed by atoms with Crippen molar-refractivity contribution in [2.75, 3.05) is 0 Å². The first-order chi connectivity index (χ1) is 11.0. The van der Waals surface area contributed by atoms with E-state index in [-0.39, 0.29) is 22.6 Å². The molecule has 0 unspecified atom stereocenters. The Labute approximate surface area is 125 Å². The van der Waals surface area contributed by atoms with E-state index >= 15 is 0 Å². The lowest BCUT2D eigenvalue weighted by molar-refractivity contribution is 0.474. The third-order valence-electron chi connectivity index (χ3n) is 3.06. The van der Waals surface area contributed by atoms with Crippen LogP contribution in [0, 0.1) is 0 Å². The molecule has 0 spiro atoms. The molecular formula is C18H20O2. The summed E-state index contributed by atoms with van der Waals surface area (Å²) in [4.78, 5) is 0. The molecule has 2 aromatic rings. The predicted molar refractivity (Wildman–Crippen MR) is 83.6 cm³/mol. The van der Waals surface area contributed by atoms with Gasteiger partial charge in [-0.25, -0.2) is 0 Å². The summed E-state index contributed by atoms with van der Waals surface area (Å²) >= 11 is 0. The first-order valence-electron chi connectivity index (χ1n) is 8.34. The second kappa shape index (κ2) is 6.29. The first-order valence-corrected chi connectivity index (χ1v) is 6.34. The molecule has 0 saturated carbocycles. The number of phenolic OH excluding ortho intramolecular Hbond substituents is 2. The lowest BCUT2D eigenvalue weighted by Gasteiger charge is -2.14. The summed E-state index contributed by atoms with van der Waals surface area (Å²) < 4.78 is 32.8. The van der Waals surface area contributed by atoms with Crippen LogP contribution in [-0.4, -0.2) is 10.2 Å². The molecule has 0 heterocycles. The van der Waals surface area contributed by atoms with Crippen molar-refractivity contribution in [1.29, 1.82) is 0 Å². The van der Waals surface area contributed by atoms with E-state index < -0.39 is 12.7 Å². The van der Waals surface area contributed by atoms with Crippen molar-refractivity contribution in [3.05, 3.63) is 59.7 Å². The summed E-state index contributed by atoms with van der Waals surface area (Å²) in [7, 11) is 0. The molecule has 0 aliphatic carbocycles. The molecule has 0 saturated heterocycles. The van der Waals surface area contributed by atoms with Crippen LogP contribution in [0.1, 0.15) is 43.2 Å². The Balaban J connectivity index is 2.83. The molecule has 104 valence electrons. The van der Waals surface area contributed by atoms with Crippen LogP contribution in [-0.2, 0) is 0 Å². The van der Waals surface area contributed by atoms with Crippen LogP contribution < -0.4 is 0 Å². The van der Waals surface area contributed by atoms with E-state index in [1.165, 1.54) is 38.1 Å². The Morgan fingerprint density at radius 2 is 1.05 bits per heavy atom. The van der Waals surface area contributed by atoms with E-state index in [4.69, 9.17) is 5.48 Å². The molecule has 0 atom stereocenters. The monoisotopic (exact) mass is 272 g/mol. The Bertz CT molecular complexity index is 671. The highest BCUT2D eigenvalue weighted by molar-refractivity contribution is 5.90. The second-order valence-electron chi connectivity index (χ2n) is 4.34. The fraction of sp³-hybridized carbons (Fsp3) is 0.222. The maximum Gasteiger partial charge on any atom is 0.115 e. The molecule has 2 rings (SSSR count). The van der Waals surface area contributed by atoms with Gasteiger partial charge in [-0.05, 0) is 59.3 Å². The Kier molecular flexibility index (Phi) is 3.03. The minimum atomic E-state index is -1.81. The highest BCUT2D eigenvalue weighted by Gasteiger charge is 2.09. The highest BCUT2D eigenvalue weighted by atomic mass is 16.3. The lowest BCUT2D eigenvalue weighted by Crippen LogP contribution is -1.91. The van der Waals surface area contributed by atoms with Crippen molar-refractivity contribution in [3.63, 3.8) is 0 Å². The number of allylic oxidation sites excluding steroid dienone is 2. The maximum absolute atomic E-state index is 9.48. The third-order valence-corrected chi connectivity index (χ3v) is 3.06. The van der Waals surface area contributed by atoms with Gasteiger partial charge in [-0.15, -0.1) is 0 Å². The highest BCUT2D eigenvalue weighted by Crippen LogP contribution is 2.32. The summed E-state index contributed by atoms with van der Waals surface area (Å²) in [6.07, 6.45) is -3.62. The number of rotatable bonds is 4. The van der Waals surface area contributed by atoms with Crippen molar-refractivity contribution in [3.8, 4) is 11.5 Å². The molecule has 20 heavy (non-hydrogen) atoms. The van der Waals surface area contributed by atoms with Gasteiger partial charge in [0.1, 0.15) is 11.5 Å². The van der Waals surface area contributed by atoms with Crippen LogP contribution in [0.3, 0.4) is 0 Å². The summed E-state index contributed by atoms with van der Waals surface area (Å²) in [5, 5.41) is 19.0. The molecule has 0 amide bonds. The zero-order chi connectivity index (χ0) is 18.1. The molecule has 0 aromatic heterocycles. The van der Waals surface area contributed by atoms with E-state index in [1.54, 1.807) is 24.3 Å². The smallest absolute Gasteiger partial charge is 0.115 e. The van der Waals surface area contributed by atoms with Crippen molar-refractivity contribution in [1.82, 2.24) is 0 Å². The van der Waals surface area contributed by atoms with Crippen LogP contribution >= 0.6 is 0 Å². The van der Waals surface area contributed by atoms with Crippen LogP contribution in [0.2, 0.25) is 0 Å². The van der Waals surface area contributed by atoms with E-state index in [0.29, 0.717) is 11.1 Å². The van der Waals surface area contributed by atoms with Gasteiger partial charge in [0.2, 0.25) is 0 Å². The number of benzene rings is 2. The topological polar surface area (TPSA) is 40.5 Å². The average Bonchev–Trinajstić information content (AvgIpc) is 2.45. The molecule has 0 fully saturated rings. The SMILES string of the molecule is [2H]C([2H])(C)/C(=C(\c1ccc(O)cc1)C([2H])([2H])C)c1ccc(O)cc1. The number of aromatic hydroxyl groups is 2. The van der Waals surface area contributed by atoms with Gasteiger partial charge in [0, 0.05) is 5.48 Å². The summed E-state index contributed by atoms with van der Waals surface area (Å²) in [6, 6.07) is 12.1. The lowest BCUT2D eigenvalue weighted by atomic mass is 9.91. The van der Waals surface area contributed by atoms with E-state index in [0.717, 1.165) is 0 Å². The van der Waals surface area contributed by atoms with Gasteiger partial charge >= 0.3 is 0 Å². The summed E-state index contributed by atoms with van der Waals surface area (Å²) in [5.74, 6) is 0.112. The molecule has 0 aliphatic heterocycles. The minimum absolute atomic E-state index is 0.0560. The van der Waals surface area contributed by atoms with Gasteiger partial charge in [0.25, 0.3) is 0 Å². The molecule has 0 radical (unpaired) electrons. The van der Waals surface area contributed by atoms with Gasteiger partial charge < -0.3 is 10.2 Å². The molecule has 2 aromatic carbocycles. The standard InChI is InChI=1S/C18H20O2/c1-3-17(13-5-9-15(19)10-6-13)18(4-2)14-7-11-16(20)12-8-14/h5-12,19-20H,3-4H2,1-2H3/b18-17+/i3D2,4D2. The fourth-order valence-corrected chi connectivity index (χ4v) is 2.08. The molecule has 0 bridgehead atoms. The van der Waals surface area contributed by atoms with E-state index in [2.05, 4.69) is 0 Å². The summed E-state index contributed by atoms with van der Waals surface area (Å²) in [5.41, 5.74) is 1.41. The third kappa shape index (κ3) is 3.02. The Morgan fingerprint density at radius 3 is 1.30 bits per heavy atom. The molecule has 2 N–H and O–H groups in total. The average molecular weight is 272 g/mol. The van der Waals surface area contributed by atoms with Crippen molar-refractivity contribution in [2.45, 2.75) is 26.6 Å². The maximum atomic E-state index is 9.48. The molecule has 2 nitrogen and oxygen atoms in total. The zero-order valence-electron chi connectivity index (χ0n) is 15.5. The van der Waals surface area contributed by atoms with Crippen LogP contribution in [0.25, 0.3) is 11.1 Å². The summed E-state index contributed by atoms with van der Waals surface area (Å²) in [6.45, 7) is 2.75. The minimum Gasteiger partial charge on any atom is -0.508 e. The van der Waals surface area contributed by atoms with Gasteiger partial charge in [-0.2, -0.15) is 0 Å². The Morgan fingerprint density at radius 1 is 0.750 bits per heavy atom. The number of hydrogen-bond acceptors (Lipinski definition) is 2. The first kappa shape index (κ1) is 9.65. The molecule has 0 aliphatic rings. The Hall–Kier alpha value is -2.22. The predicted octanol–water partition coefficient (Wildman–Crippen LogP) is 4.83. The van der Waals surface area contributed by atoms with Gasteiger partial charge in [0.15, 0.2) is 0 Å². The van der Waals surface area contributed by atoms with Gasteiger partial charge in [0.05, 0.1) is 0 Å². The fourth-order valence-electron chi connectivity index (χ4n) is 2.08. The molecule has 2 heteroatoms. The van der Waals surface area contributed by atoms with Crippen molar-refractivity contribution >= 4 is 11.1 Å². The number of hydrogen-bond donors (Lipinski definition) is 2. The second-order valence-corrected chi connectivity index (χ2v) is 4.34. The van der Waals surface area contributed by atoms with Crippen molar-refractivity contribution < 1.29 is 15.7 Å². The van der Waals surface area contributed by atoms with Gasteiger partial charge in [-0.3, -0.25) is 0 Å².